The van der Waals surface area contributed by atoms with Crippen LogP contribution in [0.15, 0.2) is 29.2 Å². The molecule has 1 amide bonds. The summed E-state index contributed by atoms with van der Waals surface area (Å²) in [6, 6.07) is 7.08. The van der Waals surface area contributed by atoms with E-state index in [1.807, 2.05) is 0 Å². The summed E-state index contributed by atoms with van der Waals surface area (Å²) in [5.41, 5.74) is 10.8. The number of benzene rings is 1. The Morgan fingerprint density at radius 3 is 2.59 bits per heavy atom. The highest BCUT2D eigenvalue weighted by Crippen LogP contribution is 2.35. The maximum Gasteiger partial charge on any atom is 0.260 e. The highest BCUT2D eigenvalue weighted by Gasteiger charge is 2.34. The normalized spacial score (nSPS) is 12.9. The van der Waals surface area contributed by atoms with Gasteiger partial charge in [0.25, 0.3) is 5.91 Å². The number of unbranched alkanes of at least 4 members (excludes halogenated alkanes) is 1. The lowest BCUT2D eigenvalue weighted by Gasteiger charge is -2.23. The quantitative estimate of drug-likeness (QED) is 0.277. The fourth-order valence-corrected chi connectivity index (χ4v) is 2.73. The molecular weight excluding hydrogens is 300 g/mol. The maximum absolute atomic E-state index is 11.5. The zero-order valence-electron chi connectivity index (χ0n) is 12.7. The van der Waals surface area contributed by atoms with Gasteiger partial charge in [0.05, 0.1) is 0 Å². The molecule has 0 bridgehead atoms. The smallest absolute Gasteiger partial charge is 0.260 e. The van der Waals surface area contributed by atoms with Gasteiger partial charge in [0.15, 0.2) is 4.93 Å². The first-order valence-electron chi connectivity index (χ1n) is 7.05. The minimum Gasteiger partial charge on any atom is -0.481 e. The Hall–Kier alpha value is -1.68. The highest BCUT2D eigenvalue weighted by molar-refractivity contribution is 8.01. The number of carbonyl (C=O) groups is 1. The number of thioether (sulfide) groups is 1. The van der Waals surface area contributed by atoms with Gasteiger partial charge in [0, 0.05) is 4.90 Å². The number of aliphatic hydroxyl groups is 1. The minimum absolute atomic E-state index is 0.272. The molecule has 0 spiro atoms. The van der Waals surface area contributed by atoms with Gasteiger partial charge < -0.3 is 21.3 Å². The molecule has 5 N–H and O–H groups in total. The second-order valence-corrected chi connectivity index (χ2v) is 6.03. The number of carbonyl (C=O) groups excluding carboxylic acids is 1. The first kappa shape index (κ1) is 18.4. The van der Waals surface area contributed by atoms with Crippen molar-refractivity contribution in [2.45, 2.75) is 36.0 Å². The number of nitrogens with two attached hydrogens (primary N) is 2. The molecule has 0 heterocycles. The molecule has 1 unspecified atom stereocenters. The van der Waals surface area contributed by atoms with Gasteiger partial charge in [-0.3, -0.25) is 4.79 Å². The van der Waals surface area contributed by atoms with Crippen molar-refractivity contribution in [2.24, 2.45) is 11.5 Å². The Kier molecular flexibility index (Phi) is 7.82. The Bertz CT molecular complexity index is 537. The van der Waals surface area contributed by atoms with Crippen LogP contribution in [0.1, 0.15) is 26.2 Å². The van der Waals surface area contributed by atoms with Crippen LogP contribution in [0.5, 0.6) is 5.75 Å². The van der Waals surface area contributed by atoms with Crippen molar-refractivity contribution >= 4 is 17.7 Å². The molecule has 1 rings (SSSR count). The molecule has 0 aliphatic rings. The second-order valence-electron chi connectivity index (χ2n) is 4.68. The summed E-state index contributed by atoms with van der Waals surface area (Å²) < 4.78 is 5.41. The Labute approximate surface area is 135 Å². The second kappa shape index (κ2) is 9.36. The molecule has 1 aromatic rings. The lowest BCUT2D eigenvalue weighted by Crippen LogP contribution is -2.40. The van der Waals surface area contributed by atoms with Crippen LogP contribution in [-0.4, -0.2) is 29.1 Å². The van der Waals surface area contributed by atoms with E-state index in [9.17, 15) is 9.90 Å². The van der Waals surface area contributed by atoms with Gasteiger partial charge >= 0.3 is 0 Å². The molecule has 0 aliphatic heterocycles. The monoisotopic (exact) mass is 322 g/mol. The average molecular weight is 322 g/mol. The van der Waals surface area contributed by atoms with Crippen molar-refractivity contribution in [3.8, 4) is 17.6 Å². The molecule has 0 saturated heterocycles. The van der Waals surface area contributed by atoms with Crippen molar-refractivity contribution in [1.82, 2.24) is 0 Å². The third kappa shape index (κ3) is 5.98. The number of primary amides is 1. The van der Waals surface area contributed by atoms with E-state index in [0.29, 0.717) is 25.3 Å². The largest absolute Gasteiger partial charge is 0.481 e. The van der Waals surface area contributed by atoms with Crippen LogP contribution in [0.3, 0.4) is 0 Å². The van der Waals surface area contributed by atoms with E-state index in [2.05, 4.69) is 11.8 Å². The number of rotatable bonds is 9. The molecule has 0 aliphatic carbocycles. The van der Waals surface area contributed by atoms with E-state index >= 15 is 0 Å². The fourth-order valence-electron chi connectivity index (χ4n) is 1.72. The lowest BCUT2D eigenvalue weighted by molar-refractivity contribution is -0.128. The summed E-state index contributed by atoms with van der Waals surface area (Å²) in [4.78, 5) is 10.7. The SMILES string of the molecule is CC#CCOc1ccc(SC(O)(CCCCN)C(N)=O)cc1. The van der Waals surface area contributed by atoms with E-state index in [4.69, 9.17) is 16.2 Å². The van der Waals surface area contributed by atoms with E-state index in [1.54, 1.807) is 31.2 Å². The predicted molar refractivity (Wildman–Crippen MR) is 88.3 cm³/mol. The molecule has 120 valence electrons. The van der Waals surface area contributed by atoms with Crippen LogP contribution >= 0.6 is 11.8 Å². The zero-order valence-corrected chi connectivity index (χ0v) is 13.5. The van der Waals surface area contributed by atoms with Crippen molar-refractivity contribution in [2.75, 3.05) is 13.2 Å². The summed E-state index contributed by atoms with van der Waals surface area (Å²) in [5, 5.41) is 10.4. The Morgan fingerprint density at radius 1 is 1.36 bits per heavy atom. The topological polar surface area (TPSA) is 98.6 Å². The molecule has 1 atom stereocenters. The van der Waals surface area contributed by atoms with Crippen LogP contribution in [0.25, 0.3) is 0 Å². The third-order valence-corrected chi connectivity index (χ3v) is 4.20. The number of hydrogen-bond donors (Lipinski definition) is 3. The molecule has 0 fully saturated rings. The zero-order chi connectivity index (χ0) is 16.4. The first-order chi connectivity index (χ1) is 10.5. The maximum atomic E-state index is 11.5. The fraction of sp³-hybridized carbons (Fsp3) is 0.438. The first-order valence-corrected chi connectivity index (χ1v) is 7.87. The van der Waals surface area contributed by atoms with Crippen molar-refractivity contribution in [3.63, 3.8) is 0 Å². The molecule has 22 heavy (non-hydrogen) atoms. The van der Waals surface area contributed by atoms with Gasteiger partial charge in [-0.25, -0.2) is 0 Å². The summed E-state index contributed by atoms with van der Waals surface area (Å²) >= 11 is 1.04. The van der Waals surface area contributed by atoms with Crippen molar-refractivity contribution in [3.05, 3.63) is 24.3 Å². The standard InChI is InChI=1S/C16H22N2O3S/c1-2-3-12-21-13-6-8-14(9-7-13)22-16(20,15(18)19)10-4-5-11-17/h6-9,20H,4-5,10-12,17H2,1H3,(H2,18,19). The molecule has 0 radical (unpaired) electrons. The lowest BCUT2D eigenvalue weighted by atomic mass is 10.1. The van der Waals surface area contributed by atoms with Crippen LogP contribution in [0.2, 0.25) is 0 Å². The minimum atomic E-state index is -1.62. The molecule has 6 heteroatoms. The molecule has 5 nitrogen and oxygen atoms in total. The summed E-state index contributed by atoms with van der Waals surface area (Å²) in [7, 11) is 0. The number of hydrogen-bond acceptors (Lipinski definition) is 5. The Morgan fingerprint density at radius 2 is 2.05 bits per heavy atom. The van der Waals surface area contributed by atoms with Gasteiger partial charge in [-0.15, -0.1) is 5.92 Å². The number of amides is 1. The Balaban J connectivity index is 2.68. The van der Waals surface area contributed by atoms with Gasteiger partial charge in [0.2, 0.25) is 0 Å². The molecule has 0 aromatic heterocycles. The van der Waals surface area contributed by atoms with Crippen LogP contribution in [0.4, 0.5) is 0 Å². The van der Waals surface area contributed by atoms with Gasteiger partial charge in [-0.1, -0.05) is 17.7 Å². The van der Waals surface area contributed by atoms with Gasteiger partial charge in [-0.2, -0.15) is 0 Å². The van der Waals surface area contributed by atoms with Gasteiger partial charge in [-0.05, 0) is 57.0 Å². The van der Waals surface area contributed by atoms with Gasteiger partial charge in [0.1, 0.15) is 12.4 Å². The summed E-state index contributed by atoms with van der Waals surface area (Å²) in [6.45, 7) is 2.60. The number of ether oxygens (including phenoxy) is 1. The van der Waals surface area contributed by atoms with Crippen molar-refractivity contribution < 1.29 is 14.6 Å². The van der Waals surface area contributed by atoms with Crippen LogP contribution < -0.4 is 16.2 Å². The average Bonchev–Trinajstić information content (AvgIpc) is 2.49. The van der Waals surface area contributed by atoms with E-state index in [0.717, 1.165) is 23.1 Å². The summed E-state index contributed by atoms with van der Waals surface area (Å²) in [6.07, 6.45) is 1.65. The van der Waals surface area contributed by atoms with Crippen LogP contribution in [-0.2, 0) is 4.79 Å². The summed E-state index contributed by atoms with van der Waals surface area (Å²) in [5.74, 6) is 5.49. The van der Waals surface area contributed by atoms with E-state index in [-0.39, 0.29) is 6.42 Å². The van der Waals surface area contributed by atoms with Crippen LogP contribution in [0, 0.1) is 11.8 Å². The van der Waals surface area contributed by atoms with Crippen molar-refractivity contribution in [1.29, 1.82) is 0 Å². The molecule has 0 saturated carbocycles. The molecular formula is C16H22N2O3S. The van der Waals surface area contributed by atoms with E-state index in [1.165, 1.54) is 0 Å². The highest BCUT2D eigenvalue weighted by atomic mass is 32.2. The molecule has 1 aromatic carbocycles. The third-order valence-electron chi connectivity index (χ3n) is 2.95. The predicted octanol–water partition coefficient (Wildman–Crippen LogP) is 1.48. The van der Waals surface area contributed by atoms with E-state index < -0.39 is 10.8 Å².